The van der Waals surface area contributed by atoms with Crippen molar-refractivity contribution in [1.29, 1.82) is 0 Å². The molecule has 3 heterocycles. The number of methoxy groups -OCH3 is 1. The zero-order valence-electron chi connectivity index (χ0n) is 14.1. The number of carbonyl (C=O) groups is 1. The number of carbonyl (C=O) groups excluding carboxylic acids is 1. The first-order valence-corrected chi connectivity index (χ1v) is 9.30. The van der Waals surface area contributed by atoms with Crippen molar-refractivity contribution in [2.75, 3.05) is 26.0 Å². The maximum absolute atomic E-state index is 12.6. The maximum atomic E-state index is 12.6. The molecule has 5 nitrogen and oxygen atoms in total. The quantitative estimate of drug-likeness (QED) is 0.843. The minimum atomic E-state index is 0.0711. The molecule has 130 valence electrons. The third kappa shape index (κ3) is 3.31. The largest absolute Gasteiger partial charge is 0.497 e. The predicted molar refractivity (Wildman–Crippen MR) is 97.4 cm³/mol. The van der Waals surface area contributed by atoms with Crippen LogP contribution in [0, 0.1) is 0 Å². The topological polar surface area (TPSA) is 51.7 Å². The van der Waals surface area contributed by atoms with E-state index >= 15 is 0 Å². The van der Waals surface area contributed by atoms with Gasteiger partial charge in [-0.05, 0) is 30.3 Å². The Hall–Kier alpha value is -2.21. The van der Waals surface area contributed by atoms with Crippen molar-refractivity contribution in [3.8, 4) is 11.5 Å². The van der Waals surface area contributed by atoms with Gasteiger partial charge in [0.2, 0.25) is 0 Å². The molecular formula is C19H20N2O3S. The number of nitrogens with zero attached hydrogens (tertiary/aromatic N) is 2. The van der Waals surface area contributed by atoms with E-state index in [0.717, 1.165) is 31.0 Å². The van der Waals surface area contributed by atoms with Gasteiger partial charge in [0.25, 0.3) is 5.91 Å². The summed E-state index contributed by atoms with van der Waals surface area (Å²) in [7, 11) is 1.61. The molecule has 4 rings (SSSR count). The van der Waals surface area contributed by atoms with E-state index in [1.54, 1.807) is 25.6 Å². The highest BCUT2D eigenvalue weighted by Gasteiger charge is 2.51. The molecule has 0 unspecified atom stereocenters. The van der Waals surface area contributed by atoms with Crippen molar-refractivity contribution in [1.82, 2.24) is 9.88 Å². The Bertz CT molecular complexity index is 762. The van der Waals surface area contributed by atoms with Crippen LogP contribution >= 0.6 is 11.8 Å². The number of amides is 1. The number of ether oxygens (including phenoxy) is 2. The summed E-state index contributed by atoms with van der Waals surface area (Å²) in [5.41, 5.74) is 0.681. The second-order valence-electron chi connectivity index (χ2n) is 6.52. The van der Waals surface area contributed by atoms with Crippen molar-refractivity contribution in [2.24, 2.45) is 0 Å². The van der Waals surface area contributed by atoms with Gasteiger partial charge in [-0.15, -0.1) is 11.8 Å². The number of aromatic nitrogens is 1. The highest BCUT2D eigenvalue weighted by Crippen LogP contribution is 2.46. The molecule has 2 aromatic rings. The summed E-state index contributed by atoms with van der Waals surface area (Å²) in [6.07, 6.45) is 4.64. The first-order chi connectivity index (χ1) is 12.2. The van der Waals surface area contributed by atoms with Crippen molar-refractivity contribution in [3.63, 3.8) is 0 Å². The standard InChI is InChI=1S/C19H20N2O3S/c1-23-15-5-2-4-14(8-15)18(22)21-12-19(13-21)9-17(11-25-19)24-16-6-3-7-20-10-16/h2-8,10,17H,9,11-13H2,1H3/t17-/m1/s1. The fourth-order valence-electron chi connectivity index (χ4n) is 3.44. The number of benzene rings is 1. The van der Waals surface area contributed by atoms with Crippen LogP contribution in [0.1, 0.15) is 16.8 Å². The van der Waals surface area contributed by atoms with Gasteiger partial charge < -0.3 is 14.4 Å². The van der Waals surface area contributed by atoms with Crippen LogP contribution in [-0.2, 0) is 0 Å². The van der Waals surface area contributed by atoms with Gasteiger partial charge in [0.1, 0.15) is 17.6 Å². The van der Waals surface area contributed by atoms with Gasteiger partial charge in [-0.2, -0.15) is 0 Å². The zero-order chi connectivity index (χ0) is 17.3. The van der Waals surface area contributed by atoms with E-state index in [2.05, 4.69) is 4.98 Å². The second-order valence-corrected chi connectivity index (χ2v) is 8.01. The van der Waals surface area contributed by atoms with Gasteiger partial charge in [-0.25, -0.2) is 0 Å². The molecule has 0 saturated carbocycles. The van der Waals surface area contributed by atoms with Gasteiger partial charge in [0.05, 0.1) is 18.1 Å². The fourth-order valence-corrected chi connectivity index (χ4v) is 4.96. The minimum Gasteiger partial charge on any atom is -0.497 e. The van der Waals surface area contributed by atoms with E-state index in [4.69, 9.17) is 9.47 Å². The molecule has 2 aliphatic heterocycles. The number of likely N-dealkylation sites (tertiary alicyclic amines) is 1. The summed E-state index contributed by atoms with van der Waals surface area (Å²) in [6, 6.07) is 11.1. The van der Waals surface area contributed by atoms with Gasteiger partial charge in [-0.1, -0.05) is 6.07 Å². The molecule has 1 aromatic heterocycles. The van der Waals surface area contributed by atoms with Crippen LogP contribution in [0.15, 0.2) is 48.8 Å². The molecule has 1 aromatic carbocycles. The van der Waals surface area contributed by atoms with Gasteiger partial charge >= 0.3 is 0 Å². The molecule has 1 spiro atoms. The second kappa shape index (κ2) is 6.59. The van der Waals surface area contributed by atoms with Crippen LogP contribution in [-0.4, -0.2) is 52.6 Å². The maximum Gasteiger partial charge on any atom is 0.254 e. The fraction of sp³-hybridized carbons (Fsp3) is 0.368. The monoisotopic (exact) mass is 356 g/mol. The van der Waals surface area contributed by atoms with E-state index in [1.165, 1.54) is 0 Å². The molecule has 1 atom stereocenters. The van der Waals surface area contributed by atoms with E-state index < -0.39 is 0 Å². The number of pyridine rings is 1. The smallest absolute Gasteiger partial charge is 0.254 e. The molecular weight excluding hydrogens is 336 g/mol. The molecule has 25 heavy (non-hydrogen) atoms. The lowest BCUT2D eigenvalue weighted by Crippen LogP contribution is -2.60. The average Bonchev–Trinajstić information content (AvgIpc) is 3.05. The molecule has 2 saturated heterocycles. The van der Waals surface area contributed by atoms with E-state index in [1.807, 2.05) is 47.0 Å². The summed E-state index contributed by atoms with van der Waals surface area (Å²) >= 11 is 1.92. The minimum absolute atomic E-state index is 0.0711. The Morgan fingerprint density at radius 3 is 2.88 bits per heavy atom. The first-order valence-electron chi connectivity index (χ1n) is 8.31. The number of hydrogen-bond donors (Lipinski definition) is 0. The van der Waals surface area contributed by atoms with E-state index in [0.29, 0.717) is 11.3 Å². The number of thioether (sulfide) groups is 1. The molecule has 2 fully saturated rings. The van der Waals surface area contributed by atoms with E-state index in [-0.39, 0.29) is 16.8 Å². The van der Waals surface area contributed by atoms with Crippen molar-refractivity contribution >= 4 is 17.7 Å². The summed E-state index contributed by atoms with van der Waals surface area (Å²) in [5.74, 6) is 2.55. The Morgan fingerprint density at radius 1 is 1.28 bits per heavy atom. The molecule has 6 heteroatoms. The van der Waals surface area contributed by atoms with Gasteiger partial charge in [0.15, 0.2) is 0 Å². The molecule has 0 aliphatic carbocycles. The molecule has 0 bridgehead atoms. The Balaban J connectivity index is 1.34. The summed E-state index contributed by atoms with van der Waals surface area (Å²) in [6.45, 7) is 1.56. The SMILES string of the molecule is COc1cccc(C(=O)N2CC3(C[C@@H](Oc4cccnc4)CS3)C2)c1. The summed E-state index contributed by atoms with van der Waals surface area (Å²) < 4.78 is 11.4. The van der Waals surface area contributed by atoms with Crippen molar-refractivity contribution < 1.29 is 14.3 Å². The van der Waals surface area contributed by atoms with Crippen LogP contribution in [0.3, 0.4) is 0 Å². The normalized spacial score (nSPS) is 21.0. The van der Waals surface area contributed by atoms with Crippen molar-refractivity contribution in [2.45, 2.75) is 17.3 Å². The van der Waals surface area contributed by atoms with E-state index in [9.17, 15) is 4.79 Å². The zero-order valence-corrected chi connectivity index (χ0v) is 14.9. The van der Waals surface area contributed by atoms with Crippen molar-refractivity contribution in [3.05, 3.63) is 54.4 Å². The first kappa shape index (κ1) is 16.3. The Kier molecular flexibility index (Phi) is 4.29. The van der Waals surface area contributed by atoms with Crippen LogP contribution in [0.25, 0.3) is 0 Å². The van der Waals surface area contributed by atoms with Gasteiger partial charge in [-0.3, -0.25) is 9.78 Å². The molecule has 0 radical (unpaired) electrons. The lowest BCUT2D eigenvalue weighted by Gasteiger charge is -2.47. The van der Waals surface area contributed by atoms with Crippen LogP contribution < -0.4 is 9.47 Å². The van der Waals surface area contributed by atoms with Gasteiger partial charge in [0, 0.05) is 37.0 Å². The molecule has 1 amide bonds. The number of rotatable bonds is 4. The average molecular weight is 356 g/mol. The lowest BCUT2D eigenvalue weighted by atomic mass is 9.92. The summed E-state index contributed by atoms with van der Waals surface area (Å²) in [5, 5.41) is 0. The van der Waals surface area contributed by atoms with Crippen LogP contribution in [0.5, 0.6) is 11.5 Å². The van der Waals surface area contributed by atoms with Crippen LogP contribution in [0.4, 0.5) is 0 Å². The van der Waals surface area contributed by atoms with Crippen LogP contribution in [0.2, 0.25) is 0 Å². The Morgan fingerprint density at radius 2 is 2.12 bits per heavy atom. The third-order valence-corrected chi connectivity index (χ3v) is 6.25. The molecule has 2 aliphatic rings. The predicted octanol–water partition coefficient (Wildman–Crippen LogP) is 2.87. The third-order valence-electron chi connectivity index (χ3n) is 4.67. The lowest BCUT2D eigenvalue weighted by molar-refractivity contribution is 0.0517. The molecule has 0 N–H and O–H groups in total. The Labute approximate surface area is 151 Å². The highest BCUT2D eigenvalue weighted by molar-refractivity contribution is 8.01. The summed E-state index contributed by atoms with van der Waals surface area (Å²) in [4.78, 5) is 18.6. The number of hydrogen-bond acceptors (Lipinski definition) is 5. The highest BCUT2D eigenvalue weighted by atomic mass is 32.2.